The molecule has 118 valence electrons. The smallest absolute Gasteiger partial charge is 0.120 e. The second kappa shape index (κ2) is 7.45. The summed E-state index contributed by atoms with van der Waals surface area (Å²) in [6.45, 7) is 9.03. The van der Waals surface area contributed by atoms with Gasteiger partial charge in [0.05, 0.1) is 0 Å². The molecule has 1 aromatic carbocycles. The standard InChI is InChI=1S/C16H25ClN2O2/c1-12-8-15(9-13(2)16(12)17)21-11-14(20)10-19-6-4-18(3)5-7-19/h8-9,14,20H,4-7,10-11H2,1-3H3/t14-/m0/s1. The van der Waals surface area contributed by atoms with Gasteiger partial charge in [-0.2, -0.15) is 0 Å². The van der Waals surface area contributed by atoms with Crippen LogP contribution in [0, 0.1) is 13.8 Å². The molecular weight excluding hydrogens is 288 g/mol. The number of aliphatic hydroxyl groups excluding tert-OH is 1. The number of aryl methyl sites for hydroxylation is 2. The summed E-state index contributed by atoms with van der Waals surface area (Å²) in [4.78, 5) is 4.59. The Morgan fingerprint density at radius 2 is 1.76 bits per heavy atom. The first-order valence-corrected chi connectivity index (χ1v) is 7.82. The van der Waals surface area contributed by atoms with Crippen LogP contribution in [0.15, 0.2) is 12.1 Å². The first kappa shape index (κ1) is 16.6. The number of aliphatic hydroxyl groups is 1. The van der Waals surface area contributed by atoms with Crippen molar-refractivity contribution in [2.45, 2.75) is 20.0 Å². The Morgan fingerprint density at radius 3 is 2.33 bits per heavy atom. The lowest BCUT2D eigenvalue weighted by atomic mass is 10.1. The van der Waals surface area contributed by atoms with Crippen LogP contribution in [0.4, 0.5) is 0 Å². The maximum absolute atomic E-state index is 10.1. The lowest BCUT2D eigenvalue weighted by molar-refractivity contribution is 0.0504. The first-order chi connectivity index (χ1) is 9.95. The van der Waals surface area contributed by atoms with Crippen molar-refractivity contribution in [3.63, 3.8) is 0 Å². The summed E-state index contributed by atoms with van der Waals surface area (Å²) in [5.74, 6) is 0.770. The van der Waals surface area contributed by atoms with Crippen LogP contribution in [0.3, 0.4) is 0 Å². The molecule has 2 rings (SSSR count). The number of hydrogen-bond donors (Lipinski definition) is 1. The number of piperazine rings is 1. The molecule has 1 atom stereocenters. The molecule has 0 saturated carbocycles. The molecule has 0 spiro atoms. The zero-order valence-electron chi connectivity index (χ0n) is 13.1. The van der Waals surface area contributed by atoms with E-state index >= 15 is 0 Å². The van der Waals surface area contributed by atoms with E-state index in [0.29, 0.717) is 13.2 Å². The fraction of sp³-hybridized carbons (Fsp3) is 0.625. The van der Waals surface area contributed by atoms with Gasteiger partial charge in [-0.1, -0.05) is 11.6 Å². The van der Waals surface area contributed by atoms with Crippen molar-refractivity contribution in [3.8, 4) is 5.75 Å². The summed E-state index contributed by atoms with van der Waals surface area (Å²) in [5, 5.41) is 10.9. The second-order valence-corrected chi connectivity index (χ2v) is 6.32. The number of halogens is 1. The van der Waals surface area contributed by atoms with Gasteiger partial charge in [0.1, 0.15) is 18.5 Å². The van der Waals surface area contributed by atoms with Crippen molar-refractivity contribution in [2.75, 3.05) is 46.4 Å². The van der Waals surface area contributed by atoms with E-state index in [-0.39, 0.29) is 0 Å². The van der Waals surface area contributed by atoms with Gasteiger partial charge >= 0.3 is 0 Å². The monoisotopic (exact) mass is 312 g/mol. The molecule has 0 radical (unpaired) electrons. The van der Waals surface area contributed by atoms with Crippen molar-refractivity contribution in [1.82, 2.24) is 9.80 Å². The third-order valence-corrected chi connectivity index (χ3v) is 4.51. The summed E-state index contributed by atoms with van der Waals surface area (Å²) >= 11 is 6.14. The zero-order chi connectivity index (χ0) is 15.4. The molecule has 1 heterocycles. The minimum Gasteiger partial charge on any atom is -0.491 e. The summed E-state index contributed by atoms with van der Waals surface area (Å²) in [7, 11) is 2.13. The fourth-order valence-corrected chi connectivity index (χ4v) is 2.67. The van der Waals surface area contributed by atoms with Crippen LogP contribution >= 0.6 is 11.6 Å². The van der Waals surface area contributed by atoms with E-state index in [9.17, 15) is 5.11 Å². The molecule has 1 aromatic rings. The van der Waals surface area contributed by atoms with E-state index < -0.39 is 6.10 Å². The highest BCUT2D eigenvalue weighted by Crippen LogP contribution is 2.25. The van der Waals surface area contributed by atoms with Crippen LogP contribution < -0.4 is 4.74 Å². The van der Waals surface area contributed by atoms with Crippen molar-refractivity contribution in [2.24, 2.45) is 0 Å². The summed E-state index contributed by atoms with van der Waals surface area (Å²) in [6, 6.07) is 3.83. The number of β-amino-alcohol motifs (C(OH)–C–C–N with tert-alkyl or cyclic N) is 1. The van der Waals surface area contributed by atoms with Crippen LogP contribution in [0.25, 0.3) is 0 Å². The van der Waals surface area contributed by atoms with Gasteiger partial charge in [-0.25, -0.2) is 0 Å². The van der Waals surface area contributed by atoms with Crippen LogP contribution in [-0.2, 0) is 0 Å². The topological polar surface area (TPSA) is 35.9 Å². The van der Waals surface area contributed by atoms with E-state index in [1.807, 2.05) is 26.0 Å². The normalized spacial score (nSPS) is 18.7. The largest absolute Gasteiger partial charge is 0.491 e. The van der Waals surface area contributed by atoms with Crippen LogP contribution in [0.2, 0.25) is 5.02 Å². The minimum atomic E-state index is -0.468. The molecule has 1 aliphatic rings. The number of benzene rings is 1. The van der Waals surface area contributed by atoms with Gasteiger partial charge in [0.2, 0.25) is 0 Å². The van der Waals surface area contributed by atoms with Crippen LogP contribution in [0.5, 0.6) is 5.75 Å². The summed E-state index contributed by atoms with van der Waals surface area (Å²) < 4.78 is 5.70. The van der Waals surface area contributed by atoms with Gasteiger partial charge in [-0.3, -0.25) is 4.90 Å². The Morgan fingerprint density at radius 1 is 1.19 bits per heavy atom. The van der Waals surface area contributed by atoms with Gasteiger partial charge in [0.15, 0.2) is 0 Å². The average Bonchev–Trinajstić information content (AvgIpc) is 2.45. The van der Waals surface area contributed by atoms with Crippen molar-refractivity contribution in [3.05, 3.63) is 28.3 Å². The maximum Gasteiger partial charge on any atom is 0.120 e. The zero-order valence-corrected chi connectivity index (χ0v) is 13.9. The van der Waals surface area contributed by atoms with E-state index in [1.165, 1.54) is 0 Å². The van der Waals surface area contributed by atoms with Gasteiger partial charge in [0.25, 0.3) is 0 Å². The molecule has 5 heteroatoms. The number of rotatable bonds is 5. The molecule has 0 aromatic heterocycles. The highest BCUT2D eigenvalue weighted by molar-refractivity contribution is 6.32. The predicted molar refractivity (Wildman–Crippen MR) is 86.4 cm³/mol. The van der Waals surface area contributed by atoms with E-state index in [4.69, 9.17) is 16.3 Å². The molecule has 4 nitrogen and oxygen atoms in total. The van der Waals surface area contributed by atoms with Gasteiger partial charge in [-0.05, 0) is 44.2 Å². The van der Waals surface area contributed by atoms with E-state index in [1.54, 1.807) is 0 Å². The Bertz CT molecular complexity index is 450. The molecule has 21 heavy (non-hydrogen) atoms. The molecule has 0 unspecified atom stereocenters. The Labute approximate surface area is 132 Å². The Hall–Kier alpha value is -0.810. The minimum absolute atomic E-state index is 0.312. The molecule has 1 saturated heterocycles. The molecule has 0 amide bonds. The van der Waals surface area contributed by atoms with Gasteiger partial charge in [-0.15, -0.1) is 0 Å². The molecular formula is C16H25ClN2O2. The Kier molecular flexibility index (Phi) is 5.88. The maximum atomic E-state index is 10.1. The third-order valence-electron chi connectivity index (χ3n) is 3.92. The number of hydrogen-bond acceptors (Lipinski definition) is 4. The fourth-order valence-electron chi connectivity index (χ4n) is 2.56. The summed E-state index contributed by atoms with van der Waals surface area (Å²) in [6.07, 6.45) is -0.468. The molecule has 1 N–H and O–H groups in total. The third kappa shape index (κ3) is 4.85. The molecule has 0 bridgehead atoms. The van der Waals surface area contributed by atoms with Crippen LogP contribution in [-0.4, -0.2) is 67.4 Å². The lowest BCUT2D eigenvalue weighted by Crippen LogP contribution is -2.47. The van der Waals surface area contributed by atoms with E-state index in [0.717, 1.165) is 48.1 Å². The SMILES string of the molecule is Cc1cc(OC[C@@H](O)CN2CCN(C)CC2)cc(C)c1Cl. The second-order valence-electron chi connectivity index (χ2n) is 5.94. The quantitative estimate of drug-likeness (QED) is 0.901. The average molecular weight is 313 g/mol. The number of nitrogens with zero attached hydrogens (tertiary/aromatic N) is 2. The predicted octanol–water partition coefficient (Wildman–Crippen LogP) is 1.94. The van der Waals surface area contributed by atoms with Crippen molar-refractivity contribution in [1.29, 1.82) is 0 Å². The highest BCUT2D eigenvalue weighted by Gasteiger charge is 2.17. The number of ether oxygens (including phenoxy) is 1. The van der Waals surface area contributed by atoms with Crippen LogP contribution in [0.1, 0.15) is 11.1 Å². The lowest BCUT2D eigenvalue weighted by Gasteiger charge is -2.33. The first-order valence-electron chi connectivity index (χ1n) is 7.44. The van der Waals surface area contributed by atoms with E-state index in [2.05, 4.69) is 16.8 Å². The summed E-state index contributed by atoms with van der Waals surface area (Å²) in [5.41, 5.74) is 2.00. The van der Waals surface area contributed by atoms with Crippen molar-refractivity contribution >= 4 is 11.6 Å². The molecule has 1 fully saturated rings. The number of likely N-dealkylation sites (N-methyl/N-ethyl adjacent to an activating group) is 1. The van der Waals surface area contributed by atoms with Crippen molar-refractivity contribution < 1.29 is 9.84 Å². The molecule has 1 aliphatic heterocycles. The Balaban J connectivity index is 1.80. The van der Waals surface area contributed by atoms with Gasteiger partial charge < -0.3 is 14.7 Å². The molecule has 0 aliphatic carbocycles. The highest BCUT2D eigenvalue weighted by atomic mass is 35.5. The van der Waals surface area contributed by atoms with Gasteiger partial charge in [0, 0.05) is 37.7 Å².